The molecule has 0 bridgehead atoms. The second-order valence-electron chi connectivity index (χ2n) is 6.81. The number of nitrogens with one attached hydrogen (secondary N) is 3. The zero-order valence-corrected chi connectivity index (χ0v) is 14.5. The summed E-state index contributed by atoms with van der Waals surface area (Å²) in [5.74, 6) is -1.39. The number of benzene rings is 1. The molecule has 1 atom stereocenters. The average molecular weight is 356 g/mol. The molecule has 0 aliphatic carbocycles. The summed E-state index contributed by atoms with van der Waals surface area (Å²) in [5.41, 5.74) is 1.16. The first-order valence-electron chi connectivity index (χ1n) is 8.05. The van der Waals surface area contributed by atoms with Crippen molar-refractivity contribution in [3.05, 3.63) is 29.6 Å². The molecule has 1 fully saturated rings. The van der Waals surface area contributed by atoms with E-state index in [0.717, 1.165) is 25.9 Å². The van der Waals surface area contributed by atoms with Crippen LogP contribution in [0.25, 0.3) is 0 Å². The summed E-state index contributed by atoms with van der Waals surface area (Å²) in [6.07, 6.45) is 2.13. The van der Waals surface area contributed by atoms with E-state index in [-0.39, 0.29) is 36.1 Å². The molecule has 3 N–H and O–H groups in total. The lowest BCUT2D eigenvalue weighted by molar-refractivity contribution is -0.126. The van der Waals surface area contributed by atoms with E-state index in [1.165, 1.54) is 12.1 Å². The lowest BCUT2D eigenvalue weighted by atomic mass is 9.80. The van der Waals surface area contributed by atoms with Gasteiger partial charge in [0.05, 0.1) is 5.92 Å². The molecule has 2 amide bonds. The van der Waals surface area contributed by atoms with Crippen LogP contribution in [0.15, 0.2) is 18.2 Å². The van der Waals surface area contributed by atoms with Crippen molar-refractivity contribution >= 4 is 29.9 Å². The van der Waals surface area contributed by atoms with Crippen molar-refractivity contribution in [1.29, 1.82) is 0 Å². The summed E-state index contributed by atoms with van der Waals surface area (Å²) in [6, 6.07) is 4.17. The first-order chi connectivity index (χ1) is 11.0. The Morgan fingerprint density at radius 2 is 2.08 bits per heavy atom. The average Bonchev–Trinajstić information content (AvgIpc) is 2.52. The van der Waals surface area contributed by atoms with Crippen LogP contribution in [0.3, 0.4) is 0 Å². The molecule has 5 nitrogen and oxygen atoms in total. The fourth-order valence-corrected chi connectivity index (χ4v) is 3.30. The Balaban J connectivity index is 0.00000208. The number of hydrogen-bond donors (Lipinski definition) is 3. The summed E-state index contributed by atoms with van der Waals surface area (Å²) in [5, 5.41) is 8.94. The molecule has 7 heteroatoms. The lowest BCUT2D eigenvalue weighted by Gasteiger charge is -2.35. The third kappa shape index (κ3) is 4.05. The van der Waals surface area contributed by atoms with Gasteiger partial charge < -0.3 is 16.0 Å². The Hall–Kier alpha value is -1.66. The Morgan fingerprint density at radius 3 is 2.79 bits per heavy atom. The van der Waals surface area contributed by atoms with Crippen LogP contribution < -0.4 is 16.0 Å². The highest BCUT2D eigenvalue weighted by molar-refractivity contribution is 6.01. The SMILES string of the molecule is CC1(CNC(=O)C2CC(=O)Nc3cc(F)ccc32)CCNCC1.Cl. The molecule has 0 radical (unpaired) electrons. The zero-order chi connectivity index (χ0) is 16.4. The molecule has 0 aromatic heterocycles. The number of halogens is 2. The quantitative estimate of drug-likeness (QED) is 0.778. The molecule has 1 aromatic carbocycles. The van der Waals surface area contributed by atoms with Gasteiger partial charge in [-0.2, -0.15) is 0 Å². The smallest absolute Gasteiger partial charge is 0.228 e. The van der Waals surface area contributed by atoms with Crippen LogP contribution in [0, 0.1) is 11.2 Å². The number of carbonyl (C=O) groups excluding carboxylic acids is 2. The monoisotopic (exact) mass is 355 g/mol. The van der Waals surface area contributed by atoms with E-state index in [2.05, 4.69) is 22.9 Å². The van der Waals surface area contributed by atoms with E-state index < -0.39 is 11.7 Å². The maximum Gasteiger partial charge on any atom is 0.228 e. The number of rotatable bonds is 3. The van der Waals surface area contributed by atoms with Crippen LogP contribution in [-0.4, -0.2) is 31.4 Å². The third-order valence-electron chi connectivity index (χ3n) is 4.87. The van der Waals surface area contributed by atoms with Crippen LogP contribution in [0.2, 0.25) is 0 Å². The van der Waals surface area contributed by atoms with Gasteiger partial charge in [-0.1, -0.05) is 13.0 Å². The van der Waals surface area contributed by atoms with Crippen molar-refractivity contribution in [1.82, 2.24) is 10.6 Å². The maximum absolute atomic E-state index is 13.3. The van der Waals surface area contributed by atoms with Crippen molar-refractivity contribution < 1.29 is 14.0 Å². The van der Waals surface area contributed by atoms with Crippen molar-refractivity contribution in [3.63, 3.8) is 0 Å². The van der Waals surface area contributed by atoms with Crippen LogP contribution >= 0.6 is 12.4 Å². The maximum atomic E-state index is 13.3. The van der Waals surface area contributed by atoms with Crippen molar-refractivity contribution in [2.45, 2.75) is 32.1 Å². The first kappa shape index (κ1) is 18.7. The second-order valence-corrected chi connectivity index (χ2v) is 6.81. The molecule has 24 heavy (non-hydrogen) atoms. The van der Waals surface area contributed by atoms with E-state index in [9.17, 15) is 14.0 Å². The topological polar surface area (TPSA) is 70.2 Å². The van der Waals surface area contributed by atoms with Gasteiger partial charge in [0, 0.05) is 18.7 Å². The standard InChI is InChI=1S/C17H22FN3O2.ClH/c1-17(4-6-19-7-5-17)10-20-16(23)13-9-15(22)21-14-8-11(18)2-3-12(13)14;/h2-3,8,13,19H,4-7,9-10H2,1H3,(H,20,23)(H,21,22);1H. The molecule has 132 valence electrons. The van der Waals surface area contributed by atoms with Crippen LogP contribution in [0.1, 0.15) is 37.7 Å². The largest absolute Gasteiger partial charge is 0.355 e. The summed E-state index contributed by atoms with van der Waals surface area (Å²) in [4.78, 5) is 24.4. The van der Waals surface area contributed by atoms with Gasteiger partial charge in [-0.3, -0.25) is 9.59 Å². The fourth-order valence-electron chi connectivity index (χ4n) is 3.30. The number of amides is 2. The van der Waals surface area contributed by atoms with Crippen LogP contribution in [0.4, 0.5) is 10.1 Å². The van der Waals surface area contributed by atoms with E-state index in [1.54, 1.807) is 6.07 Å². The molecule has 3 rings (SSSR count). The van der Waals surface area contributed by atoms with Gasteiger partial charge in [0.15, 0.2) is 0 Å². The van der Waals surface area contributed by atoms with Crippen molar-refractivity contribution in [3.8, 4) is 0 Å². The van der Waals surface area contributed by atoms with Crippen molar-refractivity contribution in [2.75, 3.05) is 25.0 Å². The minimum absolute atomic E-state index is 0. The second kappa shape index (κ2) is 7.49. The number of anilines is 1. The highest BCUT2D eigenvalue weighted by Crippen LogP contribution is 2.33. The molecular formula is C17H23ClFN3O2. The zero-order valence-electron chi connectivity index (χ0n) is 13.7. The highest BCUT2D eigenvalue weighted by Gasteiger charge is 2.33. The van der Waals surface area contributed by atoms with Gasteiger partial charge >= 0.3 is 0 Å². The Bertz CT molecular complexity index is 632. The van der Waals surface area contributed by atoms with Gasteiger partial charge in [0.25, 0.3) is 0 Å². The van der Waals surface area contributed by atoms with Crippen molar-refractivity contribution in [2.24, 2.45) is 5.41 Å². The Labute approximate surface area is 147 Å². The minimum Gasteiger partial charge on any atom is -0.355 e. The molecule has 1 aromatic rings. The number of fused-ring (bicyclic) bond motifs is 1. The normalized spacial score (nSPS) is 21.9. The Morgan fingerprint density at radius 1 is 1.38 bits per heavy atom. The van der Waals surface area contributed by atoms with Gasteiger partial charge in [0.1, 0.15) is 5.82 Å². The molecule has 2 aliphatic rings. The molecule has 0 saturated carbocycles. The first-order valence-corrected chi connectivity index (χ1v) is 8.05. The predicted octanol–water partition coefficient (Wildman–Crippen LogP) is 2.18. The van der Waals surface area contributed by atoms with Gasteiger partial charge in [0.2, 0.25) is 11.8 Å². The molecule has 1 saturated heterocycles. The van der Waals surface area contributed by atoms with Crippen LogP contribution in [0.5, 0.6) is 0 Å². The summed E-state index contributed by atoms with van der Waals surface area (Å²) in [7, 11) is 0. The lowest BCUT2D eigenvalue weighted by Crippen LogP contribution is -2.44. The summed E-state index contributed by atoms with van der Waals surface area (Å²) < 4.78 is 13.3. The van der Waals surface area contributed by atoms with Crippen LogP contribution in [-0.2, 0) is 9.59 Å². The molecule has 2 aliphatic heterocycles. The minimum atomic E-state index is -0.551. The summed E-state index contributed by atoms with van der Waals surface area (Å²) in [6.45, 7) is 4.69. The van der Waals surface area contributed by atoms with Gasteiger partial charge in [-0.25, -0.2) is 4.39 Å². The molecule has 1 unspecified atom stereocenters. The fraction of sp³-hybridized carbons (Fsp3) is 0.529. The molecular weight excluding hydrogens is 333 g/mol. The predicted molar refractivity (Wildman–Crippen MR) is 92.9 cm³/mol. The van der Waals surface area contributed by atoms with E-state index in [1.807, 2.05) is 0 Å². The number of piperidine rings is 1. The van der Waals surface area contributed by atoms with E-state index in [0.29, 0.717) is 17.8 Å². The van der Waals surface area contributed by atoms with Gasteiger partial charge in [-0.05, 0) is 49.0 Å². The number of hydrogen-bond acceptors (Lipinski definition) is 3. The van der Waals surface area contributed by atoms with E-state index >= 15 is 0 Å². The number of carbonyl (C=O) groups is 2. The highest BCUT2D eigenvalue weighted by atomic mass is 35.5. The third-order valence-corrected chi connectivity index (χ3v) is 4.87. The summed E-state index contributed by atoms with van der Waals surface area (Å²) >= 11 is 0. The Kier molecular flexibility index (Phi) is 5.83. The van der Waals surface area contributed by atoms with Gasteiger partial charge in [-0.15, -0.1) is 12.4 Å². The molecule has 2 heterocycles. The molecule has 0 spiro atoms. The van der Waals surface area contributed by atoms with E-state index in [4.69, 9.17) is 0 Å².